The number of Topliss-reactive ketones (excluding diaryl/α,β-unsaturated/α-hetero) is 2. The number of nitrogens with zero attached hydrogens (tertiary/aromatic N) is 6. The molecule has 1 saturated heterocycles. The number of hydrogen-bond donors (Lipinski definition) is 3. The second kappa shape index (κ2) is 25.1. The summed E-state index contributed by atoms with van der Waals surface area (Å²) in [6, 6.07) is 43.1. The van der Waals surface area contributed by atoms with Gasteiger partial charge in [0.2, 0.25) is 23.6 Å². The summed E-state index contributed by atoms with van der Waals surface area (Å²) < 4.78 is 42.3. The van der Waals surface area contributed by atoms with Crippen LogP contribution in [0.15, 0.2) is 164 Å². The Morgan fingerprint density at radius 1 is 0.680 bits per heavy atom. The largest absolute Gasteiger partial charge is 0.494 e. The maximum absolute atomic E-state index is 14.0. The Morgan fingerprint density at radius 2 is 1.24 bits per heavy atom. The van der Waals surface area contributed by atoms with Crippen molar-refractivity contribution in [3.05, 3.63) is 193 Å². The van der Waals surface area contributed by atoms with Gasteiger partial charge in [0.25, 0.3) is 0 Å². The van der Waals surface area contributed by atoms with Crippen LogP contribution in [0.4, 0.5) is 32.1 Å². The van der Waals surface area contributed by atoms with Crippen molar-refractivity contribution in [2.45, 2.75) is 84.6 Å². The molecule has 382 valence electrons. The third-order valence-electron chi connectivity index (χ3n) is 12.2. The monoisotopic (exact) mass is 1010 g/mol. The second-order valence-corrected chi connectivity index (χ2v) is 18.7. The molecule has 17 heteroatoms. The zero-order chi connectivity index (χ0) is 52.8. The molecule has 3 atom stereocenters. The van der Waals surface area contributed by atoms with Crippen molar-refractivity contribution in [3.8, 4) is 22.6 Å². The highest BCUT2D eigenvalue weighted by Crippen LogP contribution is 2.36. The lowest BCUT2D eigenvalue weighted by Gasteiger charge is -2.34. The van der Waals surface area contributed by atoms with E-state index < -0.39 is 24.8 Å². The van der Waals surface area contributed by atoms with E-state index in [1.807, 2.05) is 97.1 Å². The molecule has 8 aromatic rings. The maximum atomic E-state index is 14.0. The Hall–Kier alpha value is -8.28. The fourth-order valence-electron chi connectivity index (χ4n) is 8.49. The molecule has 0 saturated carbocycles. The number of hydrogen-bond acceptors (Lipinski definition) is 12. The van der Waals surface area contributed by atoms with E-state index >= 15 is 0 Å². The minimum Gasteiger partial charge on any atom is -0.404 e. The molecule has 1 aliphatic heterocycles. The number of aromatic nitrogens is 6. The molecule has 1 aliphatic rings. The standard InChI is InChI=1S/C36H37BFN5O3.C22H21FN4O2/c1-24(2)35-42-33(26-14-16-28(38)17-15-26)34(32-18-20-39-36(41-32)40-29-12-8-5-9-13-29)43(35)21-19-30-23-31(22-25(3)44)46-37(45-30)27-10-6-4-7-11-27;1-14(2)21(29)27-19(15-8-10-16(23)11-9-15)20(28)18-12-13-24-22(26-18)25-17-6-4-3-5-7-17/h4-18,20,24,30-31H,19,21-23H2,1-3H3,(H,39,40,41);3-14,19H,1-2H3,(H,27,29)(H,24,25,26)/t30-,31+;/m1./s1. The quantitative estimate of drug-likeness (QED) is 0.0549. The maximum Gasteiger partial charge on any atom is 0.494 e. The van der Waals surface area contributed by atoms with Gasteiger partial charge in [-0.15, -0.1) is 0 Å². The number of para-hydroxylation sites is 2. The number of ketones is 2. The van der Waals surface area contributed by atoms with Gasteiger partial charge in [-0.25, -0.2) is 33.7 Å². The summed E-state index contributed by atoms with van der Waals surface area (Å²) >= 11 is 0. The fraction of sp³-hybridized carbons (Fsp3) is 0.241. The molecule has 3 N–H and O–H groups in total. The Morgan fingerprint density at radius 3 is 1.83 bits per heavy atom. The molecule has 9 rings (SSSR count). The Balaban J connectivity index is 0.000000222. The van der Waals surface area contributed by atoms with Crippen LogP contribution in [0.2, 0.25) is 0 Å². The van der Waals surface area contributed by atoms with Crippen LogP contribution in [0.1, 0.15) is 87.7 Å². The van der Waals surface area contributed by atoms with Crippen molar-refractivity contribution in [1.82, 2.24) is 34.8 Å². The number of imidazole rings is 1. The van der Waals surface area contributed by atoms with E-state index in [2.05, 4.69) is 49.3 Å². The predicted octanol–water partition coefficient (Wildman–Crippen LogP) is 11.0. The zero-order valence-corrected chi connectivity index (χ0v) is 42.4. The third-order valence-corrected chi connectivity index (χ3v) is 12.2. The molecule has 5 aromatic carbocycles. The van der Waals surface area contributed by atoms with Crippen molar-refractivity contribution in [1.29, 1.82) is 0 Å². The first-order valence-corrected chi connectivity index (χ1v) is 24.9. The summed E-state index contributed by atoms with van der Waals surface area (Å²) in [4.78, 5) is 60.5. The third kappa shape index (κ3) is 14.3. The lowest BCUT2D eigenvalue weighted by molar-refractivity contribution is -0.124. The topological polar surface area (TPSA) is 175 Å². The van der Waals surface area contributed by atoms with Crippen molar-refractivity contribution >= 4 is 53.3 Å². The normalized spacial score (nSPS) is 14.7. The molecule has 4 heterocycles. The van der Waals surface area contributed by atoms with Gasteiger partial charge in [-0.3, -0.25) is 14.4 Å². The van der Waals surface area contributed by atoms with Crippen molar-refractivity contribution < 1.29 is 32.5 Å². The minimum atomic E-state index is -0.982. The lowest BCUT2D eigenvalue weighted by Crippen LogP contribution is -2.49. The van der Waals surface area contributed by atoms with Gasteiger partial charge < -0.3 is 29.8 Å². The summed E-state index contributed by atoms with van der Waals surface area (Å²) in [5.74, 6) is 0.0333. The average Bonchev–Trinajstić information content (AvgIpc) is 3.84. The first-order valence-electron chi connectivity index (χ1n) is 24.9. The molecule has 0 bridgehead atoms. The summed E-state index contributed by atoms with van der Waals surface area (Å²) in [5, 5.41) is 9.05. The molecule has 0 aliphatic carbocycles. The smallest absolute Gasteiger partial charge is 0.404 e. The van der Waals surface area contributed by atoms with Gasteiger partial charge in [0.15, 0.2) is 0 Å². The van der Waals surface area contributed by atoms with Gasteiger partial charge in [0.1, 0.15) is 35.0 Å². The molecule has 75 heavy (non-hydrogen) atoms. The second-order valence-electron chi connectivity index (χ2n) is 18.7. The van der Waals surface area contributed by atoms with E-state index in [4.69, 9.17) is 19.3 Å². The zero-order valence-electron chi connectivity index (χ0n) is 42.4. The first-order chi connectivity index (χ1) is 36.3. The summed E-state index contributed by atoms with van der Waals surface area (Å²) in [5.41, 5.74) is 6.21. The molecule has 3 aromatic heterocycles. The minimum absolute atomic E-state index is 0.0871. The molecule has 14 nitrogen and oxygen atoms in total. The number of anilines is 4. The molecular formula is C58H58BF2N9O5. The summed E-state index contributed by atoms with van der Waals surface area (Å²) in [6.45, 7) is 9.86. The number of nitrogens with one attached hydrogen (secondary N) is 3. The van der Waals surface area contributed by atoms with E-state index in [1.165, 1.54) is 48.7 Å². The van der Waals surface area contributed by atoms with Gasteiger partial charge >= 0.3 is 7.12 Å². The number of benzene rings is 5. The van der Waals surface area contributed by atoms with Gasteiger partial charge in [-0.05, 0) is 104 Å². The van der Waals surface area contributed by atoms with E-state index in [0.717, 1.165) is 39.6 Å². The Labute approximate surface area is 435 Å². The highest BCUT2D eigenvalue weighted by molar-refractivity contribution is 6.61. The van der Waals surface area contributed by atoms with Crippen molar-refractivity contribution in [3.63, 3.8) is 0 Å². The van der Waals surface area contributed by atoms with E-state index in [1.54, 1.807) is 39.1 Å². The van der Waals surface area contributed by atoms with Crippen LogP contribution in [0.3, 0.4) is 0 Å². The van der Waals surface area contributed by atoms with Crippen molar-refractivity contribution in [2.24, 2.45) is 5.92 Å². The van der Waals surface area contributed by atoms with Crippen LogP contribution < -0.4 is 21.4 Å². The first kappa shape index (κ1) is 53.0. The molecule has 0 radical (unpaired) electrons. The van der Waals surface area contributed by atoms with Crippen LogP contribution in [0, 0.1) is 17.6 Å². The van der Waals surface area contributed by atoms with Gasteiger partial charge in [0.05, 0.1) is 23.2 Å². The highest BCUT2D eigenvalue weighted by Gasteiger charge is 2.36. The van der Waals surface area contributed by atoms with E-state index in [9.17, 15) is 23.2 Å². The number of amides is 1. The fourth-order valence-corrected chi connectivity index (χ4v) is 8.49. The van der Waals surface area contributed by atoms with Crippen LogP contribution in [0.25, 0.3) is 22.6 Å². The van der Waals surface area contributed by atoms with E-state index in [0.29, 0.717) is 43.0 Å². The van der Waals surface area contributed by atoms with Gasteiger partial charge in [-0.1, -0.05) is 107 Å². The van der Waals surface area contributed by atoms with Crippen LogP contribution in [-0.2, 0) is 25.4 Å². The number of rotatable bonds is 18. The molecule has 0 spiro atoms. The van der Waals surface area contributed by atoms with E-state index in [-0.39, 0.29) is 53.2 Å². The molecule has 1 fully saturated rings. The Kier molecular flexibility index (Phi) is 17.8. The van der Waals surface area contributed by atoms with Gasteiger partial charge in [-0.2, -0.15) is 0 Å². The predicted molar refractivity (Wildman–Crippen MR) is 287 cm³/mol. The lowest BCUT2D eigenvalue weighted by atomic mass is 9.76. The Bertz CT molecular complexity index is 3170. The molecule has 1 unspecified atom stereocenters. The number of halogens is 2. The molecule has 1 amide bonds. The van der Waals surface area contributed by atoms with Crippen LogP contribution >= 0.6 is 0 Å². The number of carbonyl (C=O) groups is 3. The van der Waals surface area contributed by atoms with Gasteiger partial charge in [0, 0.05) is 60.2 Å². The SMILES string of the molecule is CC(=O)C[C@H]1C[C@@H](CCn2c(C(C)C)nc(-c3ccc(F)cc3)c2-c2ccnc(Nc3ccccc3)n2)OB(c2ccccc2)O1.CC(C)C(=O)NC(C(=O)c1ccnc(Nc2ccccc2)n1)c1ccc(F)cc1. The highest BCUT2D eigenvalue weighted by atomic mass is 19.1. The summed E-state index contributed by atoms with van der Waals surface area (Å²) in [7, 11) is -0.556. The van der Waals surface area contributed by atoms with Crippen LogP contribution in [0.5, 0.6) is 0 Å². The molecular weight excluding hydrogens is 952 g/mol. The van der Waals surface area contributed by atoms with Crippen LogP contribution in [-0.4, -0.2) is 66.3 Å². The average molecular weight is 1010 g/mol. The number of carbonyl (C=O) groups excluding carboxylic acids is 3. The summed E-state index contributed by atoms with van der Waals surface area (Å²) in [6.07, 6.45) is 4.40. The van der Waals surface area contributed by atoms with Crippen molar-refractivity contribution in [2.75, 3.05) is 10.6 Å².